The Balaban J connectivity index is 2.43. The molecule has 0 bridgehead atoms. The van der Waals surface area contributed by atoms with Crippen molar-refractivity contribution in [2.24, 2.45) is 0 Å². The average Bonchev–Trinajstić information content (AvgIpc) is 2.80. The molecule has 2 nitrogen and oxygen atoms in total. The first kappa shape index (κ1) is 7.92. The minimum Gasteiger partial charge on any atom is -0.285 e. The minimum absolute atomic E-state index is 0.384. The van der Waals surface area contributed by atoms with E-state index >= 15 is 0 Å². The van der Waals surface area contributed by atoms with Gasteiger partial charge in [0, 0.05) is 5.56 Å². The summed E-state index contributed by atoms with van der Waals surface area (Å²) in [7, 11) is 0. The molecule has 0 saturated carbocycles. The van der Waals surface area contributed by atoms with E-state index in [-0.39, 0.29) is 0 Å². The molecule has 0 N–H and O–H groups in total. The molecule has 2 aromatic heterocycles. The summed E-state index contributed by atoms with van der Waals surface area (Å²) in [5.74, 6) is -0.875. The molecule has 0 saturated heterocycles. The van der Waals surface area contributed by atoms with Crippen LogP contribution >= 0.6 is 22.7 Å². The van der Waals surface area contributed by atoms with Crippen molar-refractivity contribution in [1.82, 2.24) is 0 Å². The van der Waals surface area contributed by atoms with E-state index in [2.05, 4.69) is 11.4 Å². The van der Waals surface area contributed by atoms with Crippen LogP contribution in [0.15, 0.2) is 11.4 Å². The van der Waals surface area contributed by atoms with Crippen molar-refractivity contribution in [3.8, 4) is 9.75 Å². The molecule has 1 aliphatic rings. The molecule has 0 unspecified atom stereocenters. The Morgan fingerprint density at radius 3 is 2.86 bits per heavy atom. The van der Waals surface area contributed by atoms with Crippen LogP contribution in [-0.4, -0.2) is 11.6 Å². The van der Waals surface area contributed by atoms with Gasteiger partial charge in [0.2, 0.25) is 11.6 Å². The summed E-state index contributed by atoms with van der Waals surface area (Å²) in [6.07, 6.45) is 0. The van der Waals surface area contributed by atoms with Crippen molar-refractivity contribution in [1.29, 1.82) is 0 Å². The summed E-state index contributed by atoms with van der Waals surface area (Å²) in [6.45, 7) is 0. The molecule has 0 amide bonds. The van der Waals surface area contributed by atoms with E-state index < -0.39 is 11.6 Å². The second-order valence-electron chi connectivity index (χ2n) is 2.85. The zero-order valence-corrected chi connectivity index (χ0v) is 8.42. The first-order valence-electron chi connectivity index (χ1n) is 3.88. The van der Waals surface area contributed by atoms with Gasteiger partial charge < -0.3 is 0 Å². The maximum absolute atomic E-state index is 11.6. The van der Waals surface area contributed by atoms with Crippen LogP contribution in [0.5, 0.6) is 0 Å². The predicted octanol–water partition coefficient (Wildman–Crippen LogP) is 2.46. The van der Waals surface area contributed by atoms with Crippen LogP contribution in [0.2, 0.25) is 0 Å². The van der Waals surface area contributed by atoms with E-state index in [4.69, 9.17) is 0 Å². The third kappa shape index (κ3) is 0.808. The number of rotatable bonds is 0. The van der Waals surface area contributed by atoms with Crippen molar-refractivity contribution in [3.63, 3.8) is 0 Å². The topological polar surface area (TPSA) is 34.1 Å². The first-order valence-corrected chi connectivity index (χ1v) is 5.57. The number of fused-ring (bicyclic) bond motifs is 3. The van der Waals surface area contributed by atoms with Crippen molar-refractivity contribution in [2.75, 3.05) is 0 Å². The summed E-state index contributed by atoms with van der Waals surface area (Å²) in [6, 6.07) is 4.40. The lowest BCUT2D eigenvalue weighted by atomic mass is 9.96. The Morgan fingerprint density at radius 2 is 2.00 bits per heavy atom. The molecule has 3 rings (SSSR count). The van der Waals surface area contributed by atoms with Gasteiger partial charge in [-0.15, -0.1) is 11.3 Å². The molecule has 4 heteroatoms. The summed E-state index contributed by atoms with van der Waals surface area (Å²) < 4.78 is 0. The molecule has 0 radical (unpaired) electrons. The van der Waals surface area contributed by atoms with Crippen molar-refractivity contribution in [2.45, 2.75) is 0 Å². The Bertz CT molecular complexity index is 498. The van der Waals surface area contributed by atoms with E-state index in [1.165, 1.54) is 22.7 Å². The molecule has 0 fully saturated rings. The molecule has 14 heavy (non-hydrogen) atoms. The second-order valence-corrected chi connectivity index (χ2v) is 4.59. The van der Waals surface area contributed by atoms with E-state index in [1.807, 2.05) is 5.38 Å². The highest BCUT2D eigenvalue weighted by Gasteiger charge is 2.32. The standard InChI is InChI=1S/C10H2O2S2/c11-7-5-1-3-13-9(5)10-6(8(7)12)2-4-14-10/h1,3H. The van der Waals surface area contributed by atoms with Crippen LogP contribution in [0.25, 0.3) is 9.75 Å². The maximum atomic E-state index is 11.6. The molecule has 0 aromatic carbocycles. The molecule has 0 atom stereocenters. The fourth-order valence-corrected chi connectivity index (χ4v) is 3.26. The number of Topliss-reactive ketones (excluding diaryl/α,β-unsaturated/α-hetero) is 2. The fourth-order valence-electron chi connectivity index (χ4n) is 1.45. The van der Waals surface area contributed by atoms with Crippen LogP contribution in [0, 0.1) is 11.4 Å². The van der Waals surface area contributed by atoms with Gasteiger partial charge in [0.25, 0.3) is 0 Å². The van der Waals surface area contributed by atoms with E-state index in [0.29, 0.717) is 11.1 Å². The van der Waals surface area contributed by atoms with E-state index in [9.17, 15) is 9.59 Å². The van der Waals surface area contributed by atoms with Gasteiger partial charge in [0.15, 0.2) is 0 Å². The van der Waals surface area contributed by atoms with Gasteiger partial charge in [0.1, 0.15) is 0 Å². The summed E-state index contributed by atoms with van der Waals surface area (Å²) >= 11 is 2.81. The summed E-state index contributed by atoms with van der Waals surface area (Å²) in [5, 5.41) is 4.60. The highest BCUT2D eigenvalue weighted by atomic mass is 32.1. The fraction of sp³-hybridized carbons (Fsp3) is 0. The second kappa shape index (κ2) is 2.53. The van der Waals surface area contributed by atoms with Crippen LogP contribution in [-0.2, 0) is 0 Å². The number of carbonyl (C=O) groups excluding carboxylic acids is 2. The average molecular weight is 218 g/mol. The van der Waals surface area contributed by atoms with Crippen LogP contribution in [0.4, 0.5) is 0 Å². The van der Waals surface area contributed by atoms with Gasteiger partial charge in [-0.05, 0) is 22.9 Å². The van der Waals surface area contributed by atoms with Crippen molar-refractivity contribution >= 4 is 34.2 Å². The highest BCUT2D eigenvalue weighted by Crippen LogP contribution is 2.38. The van der Waals surface area contributed by atoms with Gasteiger partial charge in [-0.1, -0.05) is 11.3 Å². The number of carbonyl (C=O) groups is 2. The van der Waals surface area contributed by atoms with Gasteiger partial charge >= 0.3 is 0 Å². The van der Waals surface area contributed by atoms with Crippen molar-refractivity contribution in [3.05, 3.63) is 34.0 Å². The Kier molecular flexibility index (Phi) is 1.43. The molecule has 2 heterocycles. The van der Waals surface area contributed by atoms with Gasteiger partial charge in [-0.3, -0.25) is 9.59 Å². The maximum Gasteiger partial charge on any atom is 0.243 e. The summed E-state index contributed by atoms with van der Waals surface area (Å²) in [5.41, 5.74) is 0.909. The highest BCUT2D eigenvalue weighted by molar-refractivity contribution is 7.21. The van der Waals surface area contributed by atoms with Gasteiger partial charge in [-0.25, -0.2) is 0 Å². The Labute approximate surface area is 87.8 Å². The quantitative estimate of drug-likeness (QED) is 0.636. The third-order valence-corrected chi connectivity index (χ3v) is 3.98. The third-order valence-electron chi connectivity index (χ3n) is 2.11. The van der Waals surface area contributed by atoms with Crippen molar-refractivity contribution < 1.29 is 9.59 Å². The van der Waals surface area contributed by atoms with Crippen LogP contribution < -0.4 is 0 Å². The number of hydrogen-bond donors (Lipinski definition) is 0. The molecular formula is C10H2O2S2. The Hall–Kier alpha value is -1.44. The lowest BCUT2D eigenvalue weighted by Crippen LogP contribution is -2.18. The molecule has 0 aliphatic heterocycles. The van der Waals surface area contributed by atoms with E-state index in [0.717, 1.165) is 9.75 Å². The summed E-state index contributed by atoms with van der Waals surface area (Å²) in [4.78, 5) is 24.8. The monoisotopic (exact) mass is 218 g/mol. The lowest BCUT2D eigenvalue weighted by molar-refractivity contribution is 0.0816. The largest absolute Gasteiger partial charge is 0.285 e. The predicted molar refractivity (Wildman–Crippen MR) is 54.0 cm³/mol. The zero-order valence-electron chi connectivity index (χ0n) is 6.79. The zero-order chi connectivity index (χ0) is 9.71. The molecule has 1 aliphatic carbocycles. The molecule has 2 aromatic rings. The van der Waals surface area contributed by atoms with Crippen LogP contribution in [0.1, 0.15) is 20.7 Å². The molecule has 0 spiro atoms. The normalized spacial score (nSPS) is 13.4. The van der Waals surface area contributed by atoms with E-state index in [1.54, 1.807) is 6.07 Å². The Morgan fingerprint density at radius 1 is 1.14 bits per heavy atom. The lowest BCUT2D eigenvalue weighted by Gasteiger charge is -2.07. The smallest absolute Gasteiger partial charge is 0.243 e. The first-order chi connectivity index (χ1) is 6.79. The number of ketones is 2. The van der Waals surface area contributed by atoms with Gasteiger partial charge in [0.05, 0.1) is 15.3 Å². The number of thiophene rings is 1. The van der Waals surface area contributed by atoms with Crippen LogP contribution in [0.3, 0.4) is 0 Å². The van der Waals surface area contributed by atoms with Gasteiger partial charge in [-0.2, -0.15) is 0 Å². The minimum atomic E-state index is -0.455. The molecule has 66 valence electrons. The SMILES string of the molecule is O=C1C(=O)c2ccsc2-c2sc#cc21. The molecular weight excluding hydrogens is 216 g/mol. The number of hydrogen-bond acceptors (Lipinski definition) is 4.